The predicted octanol–water partition coefficient (Wildman–Crippen LogP) is 3.41. The van der Waals surface area contributed by atoms with Gasteiger partial charge in [0.25, 0.3) is 0 Å². The maximum Gasteiger partial charge on any atom is 0.240 e. The molecular weight excluding hydrogens is 434 g/mol. The van der Waals surface area contributed by atoms with Gasteiger partial charge in [0.1, 0.15) is 6.54 Å². The van der Waals surface area contributed by atoms with Crippen LogP contribution in [0.15, 0.2) is 48.5 Å². The molecule has 0 bridgehead atoms. The Balaban J connectivity index is 1.37. The lowest BCUT2D eigenvalue weighted by atomic mass is 10.1. The molecule has 1 aliphatic rings. The van der Waals surface area contributed by atoms with Crippen molar-refractivity contribution >= 4 is 29.7 Å². The monoisotopic (exact) mass is 457 g/mol. The zero-order valence-corrected chi connectivity index (χ0v) is 18.6. The van der Waals surface area contributed by atoms with Crippen molar-refractivity contribution in [3.8, 4) is 11.4 Å². The van der Waals surface area contributed by atoms with Crippen LogP contribution in [0.5, 0.6) is 0 Å². The van der Waals surface area contributed by atoms with Crippen LogP contribution in [0, 0.1) is 4.77 Å². The van der Waals surface area contributed by atoms with Crippen molar-refractivity contribution in [2.75, 3.05) is 26.3 Å². The lowest BCUT2D eigenvalue weighted by Gasteiger charge is -2.26. The van der Waals surface area contributed by atoms with Crippen LogP contribution in [-0.4, -0.2) is 51.9 Å². The molecule has 1 saturated heterocycles. The van der Waals surface area contributed by atoms with E-state index in [0.29, 0.717) is 22.2 Å². The Hall–Kier alpha value is -2.52. The van der Waals surface area contributed by atoms with Gasteiger partial charge < -0.3 is 10.1 Å². The van der Waals surface area contributed by atoms with Gasteiger partial charge in [-0.05, 0) is 47.6 Å². The van der Waals surface area contributed by atoms with Gasteiger partial charge in [0.05, 0.1) is 13.2 Å². The first-order chi connectivity index (χ1) is 15.1. The quantitative estimate of drug-likeness (QED) is 0.532. The number of morpholine rings is 1. The standard InChI is InChI=1S/C22H24ClN5O2S/c23-19-6-4-18(5-7-19)21-25-26-22(31)28(21)15-20(29)24-13-16-2-1-3-17(12-16)14-27-8-10-30-11-9-27/h1-7,12H,8-11,13-15H2,(H,24,29)(H,26,31). The number of halogens is 1. The van der Waals surface area contributed by atoms with Gasteiger partial charge in [0.15, 0.2) is 10.6 Å². The Kier molecular flexibility index (Phi) is 7.14. The number of ether oxygens (including phenoxy) is 1. The average Bonchev–Trinajstić information content (AvgIpc) is 3.14. The van der Waals surface area contributed by atoms with Crippen LogP contribution in [0.25, 0.3) is 11.4 Å². The third-order valence-corrected chi connectivity index (χ3v) is 5.72. The predicted molar refractivity (Wildman–Crippen MR) is 122 cm³/mol. The third kappa shape index (κ3) is 5.80. The van der Waals surface area contributed by atoms with Crippen LogP contribution in [0.4, 0.5) is 0 Å². The number of nitrogens with one attached hydrogen (secondary N) is 2. The van der Waals surface area contributed by atoms with Gasteiger partial charge in [-0.25, -0.2) is 0 Å². The highest BCUT2D eigenvalue weighted by molar-refractivity contribution is 7.71. The fraction of sp³-hybridized carbons (Fsp3) is 0.318. The molecule has 4 rings (SSSR count). The molecule has 3 aromatic rings. The zero-order chi connectivity index (χ0) is 21.6. The third-order valence-electron chi connectivity index (χ3n) is 5.15. The number of aromatic nitrogens is 3. The Bertz CT molecular complexity index is 1090. The van der Waals surface area contributed by atoms with Crippen molar-refractivity contribution < 1.29 is 9.53 Å². The van der Waals surface area contributed by atoms with Crippen molar-refractivity contribution in [3.63, 3.8) is 0 Å². The van der Waals surface area contributed by atoms with Crippen LogP contribution in [0.1, 0.15) is 11.1 Å². The zero-order valence-electron chi connectivity index (χ0n) is 17.0. The van der Waals surface area contributed by atoms with Gasteiger partial charge in [-0.15, -0.1) is 0 Å². The van der Waals surface area contributed by atoms with E-state index in [1.807, 2.05) is 24.3 Å². The average molecular weight is 458 g/mol. The molecule has 1 aliphatic heterocycles. The van der Waals surface area contributed by atoms with Crippen molar-refractivity contribution in [1.82, 2.24) is 25.0 Å². The van der Waals surface area contributed by atoms with Crippen molar-refractivity contribution in [3.05, 3.63) is 69.5 Å². The molecule has 1 aromatic heterocycles. The Morgan fingerprint density at radius 3 is 2.68 bits per heavy atom. The molecule has 9 heteroatoms. The number of carbonyl (C=O) groups excluding carboxylic acids is 1. The largest absolute Gasteiger partial charge is 0.379 e. The summed E-state index contributed by atoms with van der Waals surface area (Å²) in [4.78, 5) is 15.0. The minimum atomic E-state index is -0.133. The molecule has 1 amide bonds. The highest BCUT2D eigenvalue weighted by atomic mass is 35.5. The molecule has 0 saturated carbocycles. The van der Waals surface area contributed by atoms with Crippen molar-refractivity contribution in [2.45, 2.75) is 19.6 Å². The molecule has 31 heavy (non-hydrogen) atoms. The van der Waals surface area contributed by atoms with E-state index >= 15 is 0 Å². The number of H-pyrrole nitrogens is 1. The molecule has 0 unspecified atom stereocenters. The second kappa shape index (κ2) is 10.2. The minimum Gasteiger partial charge on any atom is -0.379 e. The van der Waals surface area contributed by atoms with E-state index in [9.17, 15) is 4.79 Å². The molecule has 162 valence electrons. The van der Waals surface area contributed by atoms with E-state index in [1.54, 1.807) is 16.7 Å². The molecule has 2 aromatic carbocycles. The Morgan fingerprint density at radius 1 is 1.16 bits per heavy atom. The summed E-state index contributed by atoms with van der Waals surface area (Å²) in [7, 11) is 0. The Labute approximate surface area is 191 Å². The number of hydrogen-bond acceptors (Lipinski definition) is 5. The summed E-state index contributed by atoms with van der Waals surface area (Å²) < 4.78 is 7.49. The fourth-order valence-corrected chi connectivity index (χ4v) is 3.86. The number of amides is 1. The van der Waals surface area contributed by atoms with Gasteiger partial charge in [-0.3, -0.25) is 19.4 Å². The molecule has 0 atom stereocenters. The first-order valence-corrected chi connectivity index (χ1v) is 10.9. The SMILES string of the molecule is O=C(Cn1c(-c2ccc(Cl)cc2)n[nH]c1=S)NCc1cccc(CN2CCOCC2)c1. The lowest BCUT2D eigenvalue weighted by molar-refractivity contribution is -0.121. The summed E-state index contributed by atoms with van der Waals surface area (Å²) in [5.74, 6) is 0.468. The first-order valence-electron chi connectivity index (χ1n) is 10.1. The van der Waals surface area contributed by atoms with Crippen LogP contribution >= 0.6 is 23.8 Å². The summed E-state index contributed by atoms with van der Waals surface area (Å²) >= 11 is 11.3. The summed E-state index contributed by atoms with van der Waals surface area (Å²) in [5, 5.41) is 10.6. The molecule has 7 nitrogen and oxygen atoms in total. The topological polar surface area (TPSA) is 75.2 Å². The lowest BCUT2D eigenvalue weighted by Crippen LogP contribution is -2.35. The summed E-state index contributed by atoms with van der Waals surface area (Å²) in [5.41, 5.74) is 3.13. The van der Waals surface area contributed by atoms with E-state index < -0.39 is 0 Å². The van der Waals surface area contributed by atoms with E-state index in [4.69, 9.17) is 28.6 Å². The second-order valence-corrected chi connectivity index (χ2v) is 8.25. The van der Waals surface area contributed by atoms with Crippen LogP contribution in [-0.2, 0) is 29.2 Å². The fourth-order valence-electron chi connectivity index (χ4n) is 3.54. The van der Waals surface area contributed by atoms with E-state index in [0.717, 1.165) is 44.0 Å². The normalized spacial score (nSPS) is 14.5. The Morgan fingerprint density at radius 2 is 1.90 bits per heavy atom. The number of carbonyl (C=O) groups is 1. The molecule has 0 aliphatic carbocycles. The maximum absolute atomic E-state index is 12.6. The van der Waals surface area contributed by atoms with Gasteiger partial charge in [0, 0.05) is 36.8 Å². The number of aromatic amines is 1. The highest BCUT2D eigenvalue weighted by Crippen LogP contribution is 2.20. The molecule has 1 fully saturated rings. The van der Waals surface area contributed by atoms with Crippen LogP contribution in [0.3, 0.4) is 0 Å². The highest BCUT2D eigenvalue weighted by Gasteiger charge is 2.13. The molecular formula is C22H24ClN5O2S. The van der Waals surface area contributed by atoms with Gasteiger partial charge in [-0.1, -0.05) is 35.9 Å². The maximum atomic E-state index is 12.6. The smallest absolute Gasteiger partial charge is 0.240 e. The van der Waals surface area contributed by atoms with Gasteiger partial charge >= 0.3 is 0 Å². The molecule has 2 heterocycles. The first kappa shape index (κ1) is 21.7. The van der Waals surface area contributed by atoms with Crippen molar-refractivity contribution in [1.29, 1.82) is 0 Å². The van der Waals surface area contributed by atoms with E-state index in [1.165, 1.54) is 5.56 Å². The number of benzene rings is 2. The molecule has 0 radical (unpaired) electrons. The second-order valence-electron chi connectivity index (χ2n) is 7.43. The van der Waals surface area contributed by atoms with Gasteiger partial charge in [-0.2, -0.15) is 5.10 Å². The van der Waals surface area contributed by atoms with E-state index in [2.05, 4.69) is 32.5 Å². The summed E-state index contributed by atoms with van der Waals surface area (Å²) in [6.45, 7) is 4.89. The summed E-state index contributed by atoms with van der Waals surface area (Å²) in [6.07, 6.45) is 0. The molecule has 0 spiro atoms. The summed E-state index contributed by atoms with van der Waals surface area (Å²) in [6, 6.07) is 15.6. The minimum absolute atomic E-state index is 0.0841. The van der Waals surface area contributed by atoms with Gasteiger partial charge in [0.2, 0.25) is 5.91 Å². The van der Waals surface area contributed by atoms with Crippen LogP contribution in [0.2, 0.25) is 5.02 Å². The number of rotatable bonds is 7. The van der Waals surface area contributed by atoms with Crippen LogP contribution < -0.4 is 5.32 Å². The van der Waals surface area contributed by atoms with E-state index in [-0.39, 0.29) is 12.5 Å². The number of hydrogen-bond donors (Lipinski definition) is 2. The van der Waals surface area contributed by atoms with Crippen molar-refractivity contribution in [2.24, 2.45) is 0 Å². The number of nitrogens with zero attached hydrogens (tertiary/aromatic N) is 3. The molecule has 2 N–H and O–H groups in total.